The first-order valence-electron chi connectivity index (χ1n) is 3.34. The molecule has 11 heavy (non-hydrogen) atoms. The molecule has 0 aliphatic carbocycles. The summed E-state index contributed by atoms with van der Waals surface area (Å²) in [4.78, 5) is 0. The molecule has 55 valence electrons. The maximum absolute atomic E-state index is 3.97. The topological polar surface area (TPSA) is 43.1 Å². The van der Waals surface area contributed by atoms with Gasteiger partial charge in [-0.05, 0) is 19.4 Å². The maximum Gasteiger partial charge on any atom is 0.180 e. The van der Waals surface area contributed by atoms with E-state index in [4.69, 9.17) is 0 Å². The molecule has 2 aromatic heterocycles. The molecule has 2 rings (SSSR count). The van der Waals surface area contributed by atoms with Crippen LogP contribution in [0, 0.1) is 20.0 Å². The Hall–Kier alpha value is -1.45. The second-order valence-corrected chi connectivity index (χ2v) is 2.46. The van der Waals surface area contributed by atoms with E-state index >= 15 is 0 Å². The van der Waals surface area contributed by atoms with Crippen LogP contribution in [0.25, 0.3) is 5.65 Å². The molecule has 0 aliphatic rings. The van der Waals surface area contributed by atoms with Crippen molar-refractivity contribution in [2.24, 2.45) is 0 Å². The van der Waals surface area contributed by atoms with Gasteiger partial charge in [0.1, 0.15) is 12.5 Å². The highest BCUT2D eigenvalue weighted by Gasteiger charge is 2.02. The highest BCUT2D eigenvalue weighted by atomic mass is 15.3. The summed E-state index contributed by atoms with van der Waals surface area (Å²) in [5, 5.41) is 11.6. The average molecular weight is 147 g/mol. The van der Waals surface area contributed by atoms with Gasteiger partial charge in [-0.2, -0.15) is 9.61 Å². The van der Waals surface area contributed by atoms with Crippen molar-refractivity contribution in [1.82, 2.24) is 19.8 Å². The normalized spacial score (nSPS) is 10.7. The van der Waals surface area contributed by atoms with Crippen molar-refractivity contribution in [2.45, 2.75) is 13.8 Å². The summed E-state index contributed by atoms with van der Waals surface area (Å²) in [6.45, 7) is 3.94. The van der Waals surface area contributed by atoms with E-state index in [1.807, 2.05) is 13.8 Å². The van der Waals surface area contributed by atoms with Gasteiger partial charge in [-0.1, -0.05) is 0 Å². The Morgan fingerprint density at radius 1 is 1.45 bits per heavy atom. The van der Waals surface area contributed by atoms with Gasteiger partial charge in [-0.15, -0.1) is 10.2 Å². The van der Waals surface area contributed by atoms with Gasteiger partial charge in [-0.3, -0.25) is 0 Å². The summed E-state index contributed by atoms with van der Waals surface area (Å²) in [6.07, 6.45) is 4.43. The van der Waals surface area contributed by atoms with Crippen molar-refractivity contribution in [3.8, 4) is 0 Å². The summed E-state index contributed by atoms with van der Waals surface area (Å²) >= 11 is 0. The molecule has 1 radical (unpaired) electrons. The van der Waals surface area contributed by atoms with E-state index in [0.717, 1.165) is 16.8 Å². The molecule has 0 amide bonds. The second-order valence-electron chi connectivity index (χ2n) is 2.46. The van der Waals surface area contributed by atoms with Gasteiger partial charge in [0.05, 0.1) is 0 Å². The number of fused-ring (bicyclic) bond motifs is 1. The molecule has 0 saturated carbocycles. The number of nitrogens with zero attached hydrogens (tertiary/aromatic N) is 4. The number of hydrogen-bond acceptors (Lipinski definition) is 3. The third kappa shape index (κ3) is 0.790. The summed E-state index contributed by atoms with van der Waals surface area (Å²) in [5.74, 6) is 0. The van der Waals surface area contributed by atoms with E-state index in [9.17, 15) is 0 Å². The third-order valence-corrected chi connectivity index (χ3v) is 1.75. The minimum atomic E-state index is 0.807. The highest BCUT2D eigenvalue weighted by molar-refractivity contribution is 5.46. The lowest BCUT2D eigenvalue weighted by molar-refractivity contribution is 0.903. The SMILES string of the molecule is Cc1[c]nn2cnnc2c1C. The first-order chi connectivity index (χ1) is 5.29. The van der Waals surface area contributed by atoms with E-state index in [-0.39, 0.29) is 0 Å². The highest BCUT2D eigenvalue weighted by Crippen LogP contribution is 2.07. The molecule has 0 aliphatic heterocycles. The monoisotopic (exact) mass is 147 g/mol. The zero-order valence-electron chi connectivity index (χ0n) is 6.37. The van der Waals surface area contributed by atoms with E-state index in [2.05, 4.69) is 21.5 Å². The quantitative estimate of drug-likeness (QED) is 0.546. The number of hydrogen-bond donors (Lipinski definition) is 0. The summed E-state index contributed by atoms with van der Waals surface area (Å²) in [7, 11) is 0. The first kappa shape index (κ1) is 6.27. The molecule has 0 fully saturated rings. The van der Waals surface area contributed by atoms with Crippen LogP contribution in [-0.2, 0) is 0 Å². The first-order valence-corrected chi connectivity index (χ1v) is 3.34. The molecule has 2 aromatic rings. The van der Waals surface area contributed by atoms with Crippen LogP contribution >= 0.6 is 0 Å². The standard InChI is InChI=1S/C7H7N4/c1-5-3-9-11-4-8-10-7(11)6(5)2/h4H,1-2H3. The predicted molar refractivity (Wildman–Crippen MR) is 39.1 cm³/mol. The van der Waals surface area contributed by atoms with Gasteiger partial charge in [0.15, 0.2) is 5.65 Å². The molecule has 0 atom stereocenters. The zero-order chi connectivity index (χ0) is 7.84. The fraction of sp³-hybridized carbons (Fsp3) is 0.286. The largest absolute Gasteiger partial charge is 0.200 e. The fourth-order valence-electron chi connectivity index (χ4n) is 0.930. The smallest absolute Gasteiger partial charge is 0.180 e. The molecule has 0 N–H and O–H groups in total. The Labute approximate surface area is 63.9 Å². The molecule has 4 heteroatoms. The molecule has 0 saturated heterocycles. The molecular weight excluding hydrogens is 140 g/mol. The van der Waals surface area contributed by atoms with Crippen molar-refractivity contribution in [2.75, 3.05) is 0 Å². The molecule has 0 aromatic carbocycles. The van der Waals surface area contributed by atoms with Crippen LogP contribution in [0.3, 0.4) is 0 Å². The second kappa shape index (κ2) is 2.02. The van der Waals surface area contributed by atoms with Crippen LogP contribution in [0.15, 0.2) is 6.33 Å². The maximum atomic E-state index is 3.97. The molecule has 2 heterocycles. The number of aryl methyl sites for hydroxylation is 2. The Bertz CT molecular complexity index is 390. The lowest BCUT2D eigenvalue weighted by atomic mass is 10.2. The van der Waals surface area contributed by atoms with Crippen molar-refractivity contribution in [3.05, 3.63) is 23.7 Å². The van der Waals surface area contributed by atoms with Crippen molar-refractivity contribution < 1.29 is 0 Å². The van der Waals surface area contributed by atoms with Crippen LogP contribution in [-0.4, -0.2) is 19.8 Å². The summed E-state index contributed by atoms with van der Waals surface area (Å²) in [6, 6.07) is 0. The molecule has 0 unspecified atom stereocenters. The van der Waals surface area contributed by atoms with Crippen LogP contribution in [0.5, 0.6) is 0 Å². The van der Waals surface area contributed by atoms with Gasteiger partial charge in [-0.25, -0.2) is 0 Å². The number of rotatable bonds is 0. The van der Waals surface area contributed by atoms with Crippen LogP contribution < -0.4 is 0 Å². The van der Waals surface area contributed by atoms with Crippen LogP contribution in [0.4, 0.5) is 0 Å². The molecule has 0 spiro atoms. The van der Waals surface area contributed by atoms with E-state index < -0.39 is 0 Å². The number of aromatic nitrogens is 4. The Morgan fingerprint density at radius 3 is 3.09 bits per heavy atom. The summed E-state index contributed by atoms with van der Waals surface area (Å²) in [5.41, 5.74) is 2.91. The molecular formula is C7H7N4. The van der Waals surface area contributed by atoms with Gasteiger partial charge < -0.3 is 0 Å². The van der Waals surface area contributed by atoms with Gasteiger partial charge in [0.25, 0.3) is 0 Å². The van der Waals surface area contributed by atoms with Gasteiger partial charge in [0.2, 0.25) is 0 Å². The van der Waals surface area contributed by atoms with E-state index in [1.165, 1.54) is 0 Å². The Morgan fingerprint density at radius 2 is 2.27 bits per heavy atom. The van der Waals surface area contributed by atoms with Crippen molar-refractivity contribution in [3.63, 3.8) is 0 Å². The minimum absolute atomic E-state index is 0.807. The average Bonchev–Trinajstić information content (AvgIpc) is 2.45. The van der Waals surface area contributed by atoms with E-state index in [1.54, 1.807) is 10.8 Å². The lowest BCUT2D eigenvalue weighted by Gasteiger charge is -1.97. The Balaban J connectivity index is 2.93. The molecule has 0 bridgehead atoms. The third-order valence-electron chi connectivity index (χ3n) is 1.75. The van der Waals surface area contributed by atoms with Gasteiger partial charge >= 0.3 is 0 Å². The Kier molecular flexibility index (Phi) is 1.15. The van der Waals surface area contributed by atoms with Crippen molar-refractivity contribution >= 4 is 5.65 Å². The fourth-order valence-corrected chi connectivity index (χ4v) is 0.930. The molecule has 4 nitrogen and oxygen atoms in total. The van der Waals surface area contributed by atoms with E-state index in [0.29, 0.717) is 0 Å². The predicted octanol–water partition coefficient (Wildman–Crippen LogP) is 0.541. The van der Waals surface area contributed by atoms with Crippen LogP contribution in [0.2, 0.25) is 0 Å². The lowest BCUT2D eigenvalue weighted by Crippen LogP contribution is -1.95. The zero-order valence-corrected chi connectivity index (χ0v) is 6.37. The minimum Gasteiger partial charge on any atom is -0.200 e. The van der Waals surface area contributed by atoms with Crippen molar-refractivity contribution in [1.29, 1.82) is 0 Å². The van der Waals surface area contributed by atoms with Gasteiger partial charge in [0, 0.05) is 5.56 Å². The van der Waals surface area contributed by atoms with Crippen LogP contribution in [0.1, 0.15) is 11.1 Å². The summed E-state index contributed by atoms with van der Waals surface area (Å²) < 4.78 is 1.61.